The van der Waals surface area contributed by atoms with Gasteiger partial charge in [-0.15, -0.1) is 0 Å². The van der Waals surface area contributed by atoms with Gasteiger partial charge in [-0.3, -0.25) is 4.98 Å². The van der Waals surface area contributed by atoms with Crippen LogP contribution in [0.1, 0.15) is 5.56 Å². The van der Waals surface area contributed by atoms with Crippen LogP contribution in [0.2, 0.25) is 5.15 Å². The molecule has 2 heterocycles. The summed E-state index contributed by atoms with van der Waals surface area (Å²) in [7, 11) is 0. The molecule has 0 aliphatic carbocycles. The number of halogens is 2. The molecule has 110 valence electrons. The van der Waals surface area contributed by atoms with Gasteiger partial charge in [-0.25, -0.2) is 14.4 Å². The largest absolute Gasteiger partial charge is 0.366 e. The maximum absolute atomic E-state index is 13.2. The Labute approximate surface area is 132 Å². The Morgan fingerprint density at radius 3 is 2.77 bits per heavy atom. The summed E-state index contributed by atoms with van der Waals surface area (Å²) >= 11 is 6.04. The predicted octanol–water partition coefficient (Wildman–Crippen LogP) is 3.94. The number of aromatic nitrogens is 3. The maximum atomic E-state index is 13.2. The Hall–Kier alpha value is -2.53. The highest BCUT2D eigenvalue weighted by Crippen LogP contribution is 2.19. The van der Waals surface area contributed by atoms with Gasteiger partial charge in [0.05, 0.1) is 0 Å². The van der Waals surface area contributed by atoms with Crippen LogP contribution in [0, 0.1) is 5.82 Å². The molecular weight excluding hydrogens is 303 g/mol. The van der Waals surface area contributed by atoms with Gasteiger partial charge in [0, 0.05) is 30.6 Å². The Morgan fingerprint density at radius 2 is 2.00 bits per heavy atom. The number of anilines is 1. The van der Waals surface area contributed by atoms with Gasteiger partial charge in [0.2, 0.25) is 0 Å². The van der Waals surface area contributed by atoms with Gasteiger partial charge in [-0.05, 0) is 29.8 Å². The number of hydrogen-bond donors (Lipinski definition) is 1. The lowest BCUT2D eigenvalue weighted by molar-refractivity contribution is 0.626. The molecule has 22 heavy (non-hydrogen) atoms. The first-order valence-electron chi connectivity index (χ1n) is 6.64. The van der Waals surface area contributed by atoms with Gasteiger partial charge in [0.15, 0.2) is 5.82 Å². The normalized spacial score (nSPS) is 10.5. The second kappa shape index (κ2) is 6.49. The number of nitrogens with one attached hydrogen (secondary N) is 1. The van der Waals surface area contributed by atoms with Crippen molar-refractivity contribution in [2.45, 2.75) is 6.54 Å². The van der Waals surface area contributed by atoms with E-state index in [1.807, 2.05) is 12.1 Å². The zero-order valence-corrected chi connectivity index (χ0v) is 12.3. The quantitative estimate of drug-likeness (QED) is 0.741. The van der Waals surface area contributed by atoms with E-state index in [0.29, 0.717) is 23.3 Å². The minimum atomic E-state index is -0.268. The van der Waals surface area contributed by atoms with Crippen molar-refractivity contribution >= 4 is 17.4 Å². The maximum Gasteiger partial charge on any atom is 0.164 e. The third-order valence-corrected chi connectivity index (χ3v) is 3.17. The zero-order valence-electron chi connectivity index (χ0n) is 11.5. The molecule has 0 atom stereocenters. The van der Waals surface area contributed by atoms with Crippen LogP contribution in [0.5, 0.6) is 0 Å². The lowest BCUT2D eigenvalue weighted by Gasteiger charge is -2.08. The lowest BCUT2D eigenvalue weighted by atomic mass is 10.2. The van der Waals surface area contributed by atoms with E-state index >= 15 is 0 Å². The van der Waals surface area contributed by atoms with Crippen LogP contribution < -0.4 is 5.32 Å². The second-order valence-corrected chi connectivity index (χ2v) is 5.01. The molecule has 3 aromatic rings. The van der Waals surface area contributed by atoms with E-state index in [1.54, 1.807) is 30.6 Å². The number of pyridine rings is 1. The average molecular weight is 315 g/mol. The van der Waals surface area contributed by atoms with E-state index in [-0.39, 0.29) is 5.82 Å². The molecule has 0 aliphatic heterocycles. The molecule has 0 spiro atoms. The standard InChI is InChI=1S/C16H12ClFN4/c17-14-8-15(20-9-11-3-1-5-13(18)7-11)22-16(21-14)12-4-2-6-19-10-12/h1-8,10H,9H2,(H,20,21,22). The highest BCUT2D eigenvalue weighted by molar-refractivity contribution is 6.29. The van der Waals surface area contributed by atoms with E-state index in [9.17, 15) is 4.39 Å². The van der Waals surface area contributed by atoms with Crippen LogP contribution in [0.25, 0.3) is 11.4 Å². The van der Waals surface area contributed by atoms with Crippen molar-refractivity contribution in [3.63, 3.8) is 0 Å². The van der Waals surface area contributed by atoms with Crippen LogP contribution in [-0.2, 0) is 6.54 Å². The molecule has 3 rings (SSSR count). The minimum Gasteiger partial charge on any atom is -0.366 e. The molecule has 0 fully saturated rings. The summed E-state index contributed by atoms with van der Waals surface area (Å²) in [5.41, 5.74) is 1.59. The molecule has 0 amide bonds. The summed E-state index contributed by atoms with van der Waals surface area (Å²) < 4.78 is 13.2. The van der Waals surface area contributed by atoms with Gasteiger partial charge < -0.3 is 5.32 Å². The van der Waals surface area contributed by atoms with Crippen molar-refractivity contribution in [1.29, 1.82) is 0 Å². The minimum absolute atomic E-state index is 0.268. The first-order chi connectivity index (χ1) is 10.7. The zero-order chi connectivity index (χ0) is 15.4. The van der Waals surface area contributed by atoms with Gasteiger partial charge >= 0.3 is 0 Å². The first kappa shape index (κ1) is 14.4. The highest BCUT2D eigenvalue weighted by atomic mass is 35.5. The van der Waals surface area contributed by atoms with E-state index in [4.69, 9.17) is 11.6 Å². The molecule has 0 bridgehead atoms. The summed E-state index contributed by atoms with van der Waals surface area (Å²) in [6.45, 7) is 0.442. The van der Waals surface area contributed by atoms with Gasteiger partial charge in [-0.2, -0.15) is 0 Å². The topological polar surface area (TPSA) is 50.7 Å². The fourth-order valence-corrected chi connectivity index (χ4v) is 2.16. The van der Waals surface area contributed by atoms with Crippen molar-refractivity contribution < 1.29 is 4.39 Å². The summed E-state index contributed by atoms with van der Waals surface area (Å²) in [5.74, 6) is 0.793. The van der Waals surface area contributed by atoms with Crippen molar-refractivity contribution in [3.05, 3.63) is 71.4 Å². The molecular formula is C16H12ClFN4. The summed E-state index contributed by atoms with van der Waals surface area (Å²) in [6, 6.07) is 11.7. The molecule has 2 aromatic heterocycles. The van der Waals surface area contributed by atoms with Crippen molar-refractivity contribution in [2.24, 2.45) is 0 Å². The lowest BCUT2D eigenvalue weighted by Crippen LogP contribution is -2.03. The Balaban J connectivity index is 1.81. The smallest absolute Gasteiger partial charge is 0.164 e. The Morgan fingerprint density at radius 1 is 1.09 bits per heavy atom. The number of nitrogens with zero attached hydrogens (tertiary/aromatic N) is 3. The van der Waals surface area contributed by atoms with Gasteiger partial charge in [0.1, 0.15) is 16.8 Å². The summed E-state index contributed by atoms with van der Waals surface area (Å²) in [6.07, 6.45) is 3.35. The van der Waals surface area contributed by atoms with E-state index in [0.717, 1.165) is 11.1 Å². The van der Waals surface area contributed by atoms with E-state index in [2.05, 4.69) is 20.3 Å². The average Bonchev–Trinajstić information content (AvgIpc) is 2.53. The van der Waals surface area contributed by atoms with Gasteiger partial charge in [-0.1, -0.05) is 23.7 Å². The summed E-state index contributed by atoms with van der Waals surface area (Å²) in [4.78, 5) is 12.6. The molecule has 0 saturated heterocycles. The molecule has 1 aromatic carbocycles. The van der Waals surface area contributed by atoms with Crippen molar-refractivity contribution in [3.8, 4) is 11.4 Å². The van der Waals surface area contributed by atoms with E-state index < -0.39 is 0 Å². The number of benzene rings is 1. The number of rotatable bonds is 4. The second-order valence-electron chi connectivity index (χ2n) is 4.62. The number of hydrogen-bond acceptors (Lipinski definition) is 4. The highest BCUT2D eigenvalue weighted by Gasteiger charge is 2.06. The van der Waals surface area contributed by atoms with Crippen molar-refractivity contribution in [2.75, 3.05) is 5.32 Å². The summed E-state index contributed by atoms with van der Waals surface area (Å²) in [5, 5.41) is 3.45. The molecule has 0 aliphatic rings. The third kappa shape index (κ3) is 3.56. The molecule has 0 radical (unpaired) electrons. The molecule has 0 unspecified atom stereocenters. The third-order valence-electron chi connectivity index (χ3n) is 2.98. The molecule has 6 heteroatoms. The molecule has 0 saturated carbocycles. The van der Waals surface area contributed by atoms with Crippen LogP contribution in [0.4, 0.5) is 10.2 Å². The fourth-order valence-electron chi connectivity index (χ4n) is 1.97. The Bertz CT molecular complexity index is 780. The van der Waals surface area contributed by atoms with Gasteiger partial charge in [0.25, 0.3) is 0 Å². The van der Waals surface area contributed by atoms with E-state index in [1.165, 1.54) is 12.1 Å². The molecule has 4 nitrogen and oxygen atoms in total. The first-order valence-corrected chi connectivity index (χ1v) is 7.02. The van der Waals surface area contributed by atoms with Crippen LogP contribution in [0.15, 0.2) is 54.9 Å². The van der Waals surface area contributed by atoms with Crippen LogP contribution >= 0.6 is 11.6 Å². The van der Waals surface area contributed by atoms with Crippen LogP contribution in [-0.4, -0.2) is 15.0 Å². The monoisotopic (exact) mass is 314 g/mol. The van der Waals surface area contributed by atoms with Crippen LogP contribution in [0.3, 0.4) is 0 Å². The predicted molar refractivity (Wildman–Crippen MR) is 84.0 cm³/mol. The van der Waals surface area contributed by atoms with Crippen molar-refractivity contribution in [1.82, 2.24) is 15.0 Å². The fraction of sp³-hybridized carbons (Fsp3) is 0.0625. The Kier molecular flexibility index (Phi) is 4.25. The SMILES string of the molecule is Fc1cccc(CNc2cc(Cl)nc(-c3cccnc3)n2)c1. The molecule has 1 N–H and O–H groups in total.